The minimum Gasteiger partial charge on any atom is -0.476 e. The van der Waals surface area contributed by atoms with Gasteiger partial charge < -0.3 is 5.11 Å². The van der Waals surface area contributed by atoms with E-state index in [1.807, 2.05) is 19.1 Å². The second-order valence-electron chi connectivity index (χ2n) is 3.00. The molecule has 2 heterocycles. The summed E-state index contributed by atoms with van der Waals surface area (Å²) in [4.78, 5) is 10.8. The van der Waals surface area contributed by atoms with Crippen molar-refractivity contribution in [1.29, 1.82) is 0 Å². The highest BCUT2D eigenvalue weighted by molar-refractivity contribution is 9.10. The van der Waals surface area contributed by atoms with E-state index >= 15 is 0 Å². The standard InChI is InChI=1S/C9H7BrN2O2/c1-5-2-3-12-6(4-5)7(10)8(11-12)9(13)14/h2-4H,1H3,(H,13,14). The van der Waals surface area contributed by atoms with Crippen LogP contribution < -0.4 is 0 Å². The first-order valence-electron chi connectivity index (χ1n) is 3.97. The maximum absolute atomic E-state index is 10.8. The van der Waals surface area contributed by atoms with Gasteiger partial charge in [0.15, 0.2) is 5.69 Å². The van der Waals surface area contributed by atoms with Gasteiger partial charge in [-0.2, -0.15) is 5.10 Å². The monoisotopic (exact) mass is 254 g/mol. The SMILES string of the molecule is Cc1ccn2nc(C(=O)O)c(Br)c2c1. The van der Waals surface area contributed by atoms with Gasteiger partial charge >= 0.3 is 5.97 Å². The van der Waals surface area contributed by atoms with E-state index in [1.54, 1.807) is 10.7 Å². The molecule has 0 aliphatic carbocycles. The quantitative estimate of drug-likeness (QED) is 0.848. The van der Waals surface area contributed by atoms with Gasteiger partial charge in [0, 0.05) is 6.20 Å². The Balaban J connectivity index is 2.80. The van der Waals surface area contributed by atoms with Gasteiger partial charge in [-0.1, -0.05) is 0 Å². The summed E-state index contributed by atoms with van der Waals surface area (Å²) in [5, 5.41) is 12.8. The fourth-order valence-corrected chi connectivity index (χ4v) is 1.80. The van der Waals surface area contributed by atoms with Crippen LogP contribution in [0.4, 0.5) is 0 Å². The second-order valence-corrected chi connectivity index (χ2v) is 3.79. The van der Waals surface area contributed by atoms with Gasteiger partial charge in [0.05, 0.1) is 9.99 Å². The van der Waals surface area contributed by atoms with Crippen LogP contribution in [0.1, 0.15) is 16.1 Å². The van der Waals surface area contributed by atoms with Crippen LogP contribution in [-0.4, -0.2) is 20.7 Å². The molecule has 0 bridgehead atoms. The van der Waals surface area contributed by atoms with Crippen molar-refractivity contribution in [3.63, 3.8) is 0 Å². The lowest BCUT2D eigenvalue weighted by molar-refractivity contribution is 0.0689. The largest absolute Gasteiger partial charge is 0.476 e. The van der Waals surface area contributed by atoms with E-state index in [2.05, 4.69) is 21.0 Å². The van der Waals surface area contributed by atoms with Gasteiger partial charge in [-0.05, 0) is 40.5 Å². The van der Waals surface area contributed by atoms with Crippen molar-refractivity contribution in [1.82, 2.24) is 9.61 Å². The van der Waals surface area contributed by atoms with Gasteiger partial charge in [-0.15, -0.1) is 0 Å². The van der Waals surface area contributed by atoms with Gasteiger partial charge in [-0.25, -0.2) is 9.31 Å². The molecule has 0 saturated carbocycles. The first-order chi connectivity index (χ1) is 6.59. The average molecular weight is 255 g/mol. The van der Waals surface area contributed by atoms with E-state index < -0.39 is 5.97 Å². The summed E-state index contributed by atoms with van der Waals surface area (Å²) < 4.78 is 2.06. The number of carboxylic acids is 1. The third-order valence-corrected chi connectivity index (χ3v) is 2.71. The number of halogens is 1. The Morgan fingerprint density at radius 1 is 1.64 bits per heavy atom. The summed E-state index contributed by atoms with van der Waals surface area (Å²) in [5.41, 5.74) is 1.87. The van der Waals surface area contributed by atoms with Crippen LogP contribution in [0.2, 0.25) is 0 Å². The summed E-state index contributed by atoms with van der Waals surface area (Å²) in [6.07, 6.45) is 1.74. The Bertz CT molecular complexity index is 519. The molecule has 5 heteroatoms. The summed E-state index contributed by atoms with van der Waals surface area (Å²) in [6, 6.07) is 3.75. The number of hydrogen-bond donors (Lipinski definition) is 1. The van der Waals surface area contributed by atoms with Crippen molar-refractivity contribution in [2.24, 2.45) is 0 Å². The van der Waals surface area contributed by atoms with Crippen LogP contribution in [-0.2, 0) is 0 Å². The van der Waals surface area contributed by atoms with E-state index in [1.165, 1.54) is 0 Å². The highest BCUT2D eigenvalue weighted by Crippen LogP contribution is 2.22. The summed E-state index contributed by atoms with van der Waals surface area (Å²) in [5.74, 6) is -1.03. The van der Waals surface area contributed by atoms with E-state index in [0.717, 1.165) is 11.1 Å². The molecule has 0 amide bonds. The van der Waals surface area contributed by atoms with Gasteiger partial charge in [0.1, 0.15) is 0 Å². The Kier molecular flexibility index (Phi) is 2.03. The van der Waals surface area contributed by atoms with Crippen LogP contribution in [0.25, 0.3) is 5.52 Å². The predicted octanol–water partition coefficient (Wildman–Crippen LogP) is 2.10. The van der Waals surface area contributed by atoms with E-state index in [4.69, 9.17) is 5.11 Å². The molecule has 0 spiro atoms. The van der Waals surface area contributed by atoms with E-state index in [9.17, 15) is 4.79 Å². The lowest BCUT2D eigenvalue weighted by Gasteiger charge is -1.93. The van der Waals surface area contributed by atoms with Crippen LogP contribution in [0.3, 0.4) is 0 Å². The maximum Gasteiger partial charge on any atom is 0.357 e. The Morgan fingerprint density at radius 3 is 3.00 bits per heavy atom. The molecular weight excluding hydrogens is 248 g/mol. The van der Waals surface area contributed by atoms with Crippen LogP contribution >= 0.6 is 15.9 Å². The molecule has 2 rings (SSSR count). The second kappa shape index (κ2) is 3.09. The Morgan fingerprint density at radius 2 is 2.36 bits per heavy atom. The predicted molar refractivity (Wildman–Crippen MR) is 54.6 cm³/mol. The molecule has 2 aromatic rings. The molecule has 0 aliphatic heterocycles. The molecule has 1 N–H and O–H groups in total. The van der Waals surface area contributed by atoms with Crippen molar-refractivity contribution < 1.29 is 9.90 Å². The molecule has 72 valence electrons. The lowest BCUT2D eigenvalue weighted by Crippen LogP contribution is -1.98. The van der Waals surface area contributed by atoms with E-state index in [-0.39, 0.29) is 5.69 Å². The minimum absolute atomic E-state index is 0.0376. The molecule has 2 aromatic heterocycles. The molecule has 14 heavy (non-hydrogen) atoms. The third kappa shape index (κ3) is 1.29. The van der Waals surface area contributed by atoms with Crippen molar-refractivity contribution in [2.75, 3.05) is 0 Å². The number of fused-ring (bicyclic) bond motifs is 1. The molecule has 0 atom stereocenters. The number of nitrogens with zero attached hydrogens (tertiary/aromatic N) is 2. The van der Waals surface area contributed by atoms with Crippen LogP contribution in [0, 0.1) is 6.92 Å². The molecule has 0 aromatic carbocycles. The van der Waals surface area contributed by atoms with Crippen molar-refractivity contribution in [2.45, 2.75) is 6.92 Å². The number of aromatic nitrogens is 2. The summed E-state index contributed by atoms with van der Waals surface area (Å²) in [7, 11) is 0. The maximum atomic E-state index is 10.8. The smallest absolute Gasteiger partial charge is 0.357 e. The fraction of sp³-hybridized carbons (Fsp3) is 0.111. The Hall–Kier alpha value is -1.36. The first kappa shape index (κ1) is 9.21. The highest BCUT2D eigenvalue weighted by atomic mass is 79.9. The summed E-state index contributed by atoms with van der Waals surface area (Å²) in [6.45, 7) is 1.94. The average Bonchev–Trinajstić information content (AvgIpc) is 2.44. The van der Waals surface area contributed by atoms with Gasteiger partial charge in [0.2, 0.25) is 0 Å². The number of carboxylic acid groups (broad SMARTS) is 1. The number of carbonyl (C=O) groups is 1. The molecule has 0 radical (unpaired) electrons. The zero-order valence-electron chi connectivity index (χ0n) is 7.36. The Labute approximate surface area is 88.3 Å². The van der Waals surface area contributed by atoms with Crippen molar-refractivity contribution >= 4 is 27.4 Å². The normalized spacial score (nSPS) is 10.7. The number of hydrogen-bond acceptors (Lipinski definition) is 2. The highest BCUT2D eigenvalue weighted by Gasteiger charge is 2.15. The first-order valence-corrected chi connectivity index (χ1v) is 4.76. The molecule has 0 fully saturated rings. The van der Waals surface area contributed by atoms with E-state index in [0.29, 0.717) is 4.47 Å². The topological polar surface area (TPSA) is 54.6 Å². The van der Waals surface area contributed by atoms with Gasteiger partial charge in [-0.3, -0.25) is 0 Å². The third-order valence-electron chi connectivity index (χ3n) is 1.93. The lowest BCUT2D eigenvalue weighted by atomic mass is 10.2. The summed E-state index contributed by atoms with van der Waals surface area (Å²) >= 11 is 3.22. The zero-order chi connectivity index (χ0) is 10.3. The fourth-order valence-electron chi connectivity index (χ4n) is 1.26. The number of aryl methyl sites for hydroxylation is 1. The minimum atomic E-state index is -1.03. The molecule has 4 nitrogen and oxygen atoms in total. The molecule has 0 unspecified atom stereocenters. The number of aromatic carboxylic acids is 1. The van der Waals surface area contributed by atoms with Crippen LogP contribution in [0.5, 0.6) is 0 Å². The zero-order valence-corrected chi connectivity index (χ0v) is 8.95. The molecule has 0 saturated heterocycles. The van der Waals surface area contributed by atoms with Gasteiger partial charge in [0.25, 0.3) is 0 Å². The van der Waals surface area contributed by atoms with Crippen molar-refractivity contribution in [3.05, 3.63) is 34.1 Å². The molecule has 0 aliphatic rings. The van der Waals surface area contributed by atoms with Crippen LogP contribution in [0.15, 0.2) is 22.8 Å². The number of rotatable bonds is 1. The molecular formula is C9H7BrN2O2. The van der Waals surface area contributed by atoms with Crippen molar-refractivity contribution in [3.8, 4) is 0 Å². The number of pyridine rings is 1.